The predicted octanol–water partition coefficient (Wildman–Crippen LogP) is 3.28. The van der Waals surface area contributed by atoms with Gasteiger partial charge in [-0.2, -0.15) is 13.2 Å². The fourth-order valence-electron chi connectivity index (χ4n) is 3.33. The smallest absolute Gasteiger partial charge is 0.351 e. The van der Waals surface area contributed by atoms with E-state index in [9.17, 15) is 22.4 Å². The average molecular weight is 413 g/mol. The first-order chi connectivity index (χ1) is 13.8. The number of nitrogens with one attached hydrogen (secondary N) is 1. The van der Waals surface area contributed by atoms with Gasteiger partial charge in [-0.15, -0.1) is 5.10 Å². The van der Waals surface area contributed by atoms with Crippen molar-refractivity contribution in [3.05, 3.63) is 41.5 Å². The van der Waals surface area contributed by atoms with Crippen molar-refractivity contribution in [1.82, 2.24) is 25.2 Å². The summed E-state index contributed by atoms with van der Waals surface area (Å²) in [6.07, 6.45) is -1.95. The van der Waals surface area contributed by atoms with Gasteiger partial charge in [0.15, 0.2) is 11.4 Å². The molecule has 0 spiro atoms. The molecule has 29 heavy (non-hydrogen) atoms. The van der Waals surface area contributed by atoms with Crippen molar-refractivity contribution < 1.29 is 22.4 Å². The highest BCUT2D eigenvalue weighted by atomic mass is 19.4. The minimum Gasteiger partial charge on any atom is -0.351 e. The largest absolute Gasteiger partial charge is 0.435 e. The topological polar surface area (TPSA) is 63.1 Å². The summed E-state index contributed by atoms with van der Waals surface area (Å²) in [7, 11) is 0. The van der Waals surface area contributed by atoms with Crippen LogP contribution < -0.4 is 5.32 Å². The Labute approximate surface area is 165 Å². The van der Waals surface area contributed by atoms with Crippen molar-refractivity contribution in [3.8, 4) is 5.69 Å². The summed E-state index contributed by atoms with van der Waals surface area (Å²) in [6, 6.07) is 4.30. The number of aromatic nitrogens is 3. The molecule has 0 saturated carbocycles. The molecule has 1 aliphatic rings. The SMILES string of the molecule is CC1CCN(CCCNC(=O)c2nnn(-c3ccc(F)cc3)c2C(F)(F)F)CC1. The van der Waals surface area contributed by atoms with Gasteiger partial charge in [0.1, 0.15) is 5.82 Å². The van der Waals surface area contributed by atoms with Gasteiger partial charge in [0.2, 0.25) is 0 Å². The summed E-state index contributed by atoms with van der Waals surface area (Å²) in [6.45, 7) is 5.24. The van der Waals surface area contributed by atoms with Crippen LogP contribution in [0.25, 0.3) is 5.69 Å². The molecule has 0 bridgehead atoms. The number of nitrogens with zero attached hydrogens (tertiary/aromatic N) is 4. The summed E-state index contributed by atoms with van der Waals surface area (Å²) in [5.74, 6) is -0.808. The molecule has 10 heteroatoms. The highest BCUT2D eigenvalue weighted by Gasteiger charge is 2.42. The van der Waals surface area contributed by atoms with Gasteiger partial charge in [-0.3, -0.25) is 4.79 Å². The standard InChI is InChI=1S/C19H23F4N5O/c1-13-7-11-27(12-8-13)10-2-9-24-18(29)16-17(19(21,22)23)28(26-25-16)15-5-3-14(20)4-6-15/h3-6,13H,2,7-12H2,1H3,(H,24,29). The minimum absolute atomic E-state index is 0.0374. The Morgan fingerprint density at radius 1 is 1.21 bits per heavy atom. The Bertz CT molecular complexity index is 826. The maximum Gasteiger partial charge on any atom is 0.435 e. The van der Waals surface area contributed by atoms with Crippen molar-refractivity contribution in [2.24, 2.45) is 5.92 Å². The maximum atomic E-state index is 13.6. The van der Waals surface area contributed by atoms with Crippen LogP contribution >= 0.6 is 0 Å². The molecule has 0 atom stereocenters. The van der Waals surface area contributed by atoms with Gasteiger partial charge in [0, 0.05) is 6.54 Å². The number of benzene rings is 1. The number of piperidine rings is 1. The van der Waals surface area contributed by atoms with Crippen LogP contribution in [-0.2, 0) is 6.18 Å². The van der Waals surface area contributed by atoms with Gasteiger partial charge >= 0.3 is 6.18 Å². The molecule has 0 unspecified atom stereocenters. The first-order valence-corrected chi connectivity index (χ1v) is 9.55. The Morgan fingerprint density at radius 2 is 1.86 bits per heavy atom. The highest BCUT2D eigenvalue weighted by molar-refractivity contribution is 5.93. The van der Waals surface area contributed by atoms with E-state index < -0.39 is 29.3 Å². The third-order valence-electron chi connectivity index (χ3n) is 5.04. The second-order valence-electron chi connectivity index (χ2n) is 7.31. The fraction of sp³-hybridized carbons (Fsp3) is 0.526. The lowest BCUT2D eigenvalue weighted by atomic mass is 9.99. The van der Waals surface area contributed by atoms with E-state index in [0.717, 1.165) is 62.7 Å². The number of halogens is 4. The van der Waals surface area contributed by atoms with Crippen LogP contribution in [0.5, 0.6) is 0 Å². The summed E-state index contributed by atoms with van der Waals surface area (Å²) in [5, 5.41) is 9.39. The number of hydrogen-bond acceptors (Lipinski definition) is 4. The van der Waals surface area contributed by atoms with Crippen LogP contribution in [0.3, 0.4) is 0 Å². The molecule has 0 radical (unpaired) electrons. The second kappa shape index (κ2) is 8.89. The zero-order valence-corrected chi connectivity index (χ0v) is 16.0. The number of likely N-dealkylation sites (tertiary alicyclic amines) is 1. The van der Waals surface area contributed by atoms with E-state index in [4.69, 9.17) is 0 Å². The molecule has 1 saturated heterocycles. The zero-order valence-electron chi connectivity index (χ0n) is 16.0. The van der Waals surface area contributed by atoms with E-state index >= 15 is 0 Å². The lowest BCUT2D eigenvalue weighted by Crippen LogP contribution is -2.35. The van der Waals surface area contributed by atoms with Gasteiger partial charge in [0.25, 0.3) is 5.91 Å². The van der Waals surface area contributed by atoms with Crippen LogP contribution in [0.2, 0.25) is 0 Å². The molecule has 2 aromatic rings. The predicted molar refractivity (Wildman–Crippen MR) is 98.1 cm³/mol. The summed E-state index contributed by atoms with van der Waals surface area (Å²) < 4.78 is 54.3. The highest BCUT2D eigenvalue weighted by Crippen LogP contribution is 2.32. The molecule has 1 fully saturated rings. The molecule has 158 valence electrons. The number of alkyl halides is 3. The van der Waals surface area contributed by atoms with Crippen LogP contribution in [-0.4, -0.2) is 52.0 Å². The minimum atomic E-state index is -4.85. The van der Waals surface area contributed by atoms with Gasteiger partial charge in [-0.1, -0.05) is 12.1 Å². The molecule has 1 N–H and O–H groups in total. The van der Waals surface area contributed by atoms with Gasteiger partial charge in [0.05, 0.1) is 5.69 Å². The van der Waals surface area contributed by atoms with E-state index in [1.807, 2.05) is 0 Å². The molecule has 6 nitrogen and oxygen atoms in total. The van der Waals surface area contributed by atoms with Gasteiger partial charge in [-0.05, 0) is 69.1 Å². The number of rotatable bonds is 6. The number of carbonyl (C=O) groups is 1. The molecule has 1 aromatic carbocycles. The van der Waals surface area contributed by atoms with Crippen molar-refractivity contribution in [3.63, 3.8) is 0 Å². The summed E-state index contributed by atoms with van der Waals surface area (Å²) >= 11 is 0. The van der Waals surface area contributed by atoms with Crippen LogP contribution in [0, 0.1) is 11.7 Å². The molecule has 0 aliphatic carbocycles. The lowest BCUT2D eigenvalue weighted by molar-refractivity contribution is -0.143. The molecular formula is C19H23F4N5O. The van der Waals surface area contributed by atoms with E-state index in [1.165, 1.54) is 0 Å². The van der Waals surface area contributed by atoms with Crippen molar-refractivity contribution in [2.75, 3.05) is 26.2 Å². The lowest BCUT2D eigenvalue weighted by Gasteiger charge is -2.30. The van der Waals surface area contributed by atoms with Crippen molar-refractivity contribution >= 4 is 5.91 Å². The van der Waals surface area contributed by atoms with E-state index in [2.05, 4.69) is 27.5 Å². The average Bonchev–Trinajstić information content (AvgIpc) is 3.13. The fourth-order valence-corrected chi connectivity index (χ4v) is 3.33. The summed E-state index contributed by atoms with van der Waals surface area (Å²) in [4.78, 5) is 14.6. The van der Waals surface area contributed by atoms with Gasteiger partial charge in [-0.25, -0.2) is 9.07 Å². The Kier molecular flexibility index (Phi) is 6.51. The van der Waals surface area contributed by atoms with E-state index in [1.54, 1.807) is 0 Å². The molecule has 1 aromatic heterocycles. The quantitative estimate of drug-likeness (QED) is 0.583. The number of carbonyl (C=O) groups excluding carboxylic acids is 1. The van der Waals surface area contributed by atoms with Crippen LogP contribution in [0.4, 0.5) is 17.6 Å². The normalized spacial score (nSPS) is 16.2. The molecule has 1 amide bonds. The Balaban J connectivity index is 1.65. The van der Waals surface area contributed by atoms with Crippen LogP contribution in [0.15, 0.2) is 24.3 Å². The molecular weight excluding hydrogens is 390 g/mol. The molecule has 2 heterocycles. The van der Waals surface area contributed by atoms with Crippen LogP contribution in [0.1, 0.15) is 42.4 Å². The monoisotopic (exact) mass is 413 g/mol. The van der Waals surface area contributed by atoms with E-state index in [0.29, 0.717) is 11.1 Å². The molecule has 3 rings (SSSR count). The number of hydrogen-bond donors (Lipinski definition) is 1. The second-order valence-corrected chi connectivity index (χ2v) is 7.31. The summed E-state index contributed by atoms with van der Waals surface area (Å²) in [5.41, 5.74) is -2.12. The Hall–Kier alpha value is -2.49. The number of amides is 1. The maximum absolute atomic E-state index is 13.6. The zero-order chi connectivity index (χ0) is 21.0. The third kappa shape index (κ3) is 5.31. The molecule has 1 aliphatic heterocycles. The van der Waals surface area contributed by atoms with Gasteiger partial charge < -0.3 is 10.2 Å². The van der Waals surface area contributed by atoms with E-state index in [-0.39, 0.29) is 12.2 Å². The first kappa shape index (κ1) is 21.2. The van der Waals surface area contributed by atoms with Crippen molar-refractivity contribution in [2.45, 2.75) is 32.4 Å². The first-order valence-electron chi connectivity index (χ1n) is 9.55. The Morgan fingerprint density at radius 3 is 2.48 bits per heavy atom. The van der Waals surface area contributed by atoms with Crippen molar-refractivity contribution in [1.29, 1.82) is 0 Å². The third-order valence-corrected chi connectivity index (χ3v) is 5.04.